The predicted octanol–water partition coefficient (Wildman–Crippen LogP) is 4.31. The zero-order valence-corrected chi connectivity index (χ0v) is 14.1. The highest BCUT2D eigenvalue weighted by Crippen LogP contribution is 2.39. The molecule has 0 bridgehead atoms. The minimum absolute atomic E-state index is 0.0364. The number of carboxylic acid groups (broad SMARTS) is 1. The van der Waals surface area contributed by atoms with Crippen LogP contribution in [0.5, 0.6) is 11.5 Å². The molecule has 5 nitrogen and oxygen atoms in total. The molecule has 1 aromatic heterocycles. The molecule has 0 saturated carbocycles. The number of benzene rings is 2. The van der Waals surface area contributed by atoms with Crippen LogP contribution in [0.15, 0.2) is 36.4 Å². The Morgan fingerprint density at radius 2 is 2.00 bits per heavy atom. The Bertz CT molecular complexity index is 971. The van der Waals surface area contributed by atoms with E-state index in [0.717, 1.165) is 27.7 Å². The summed E-state index contributed by atoms with van der Waals surface area (Å²) < 4.78 is 10.8. The van der Waals surface area contributed by atoms with Gasteiger partial charge in [-0.3, -0.25) is 4.79 Å². The molecular formula is C20H19NO4. The Kier molecular flexibility index (Phi) is 3.64. The third kappa shape index (κ3) is 2.61. The summed E-state index contributed by atoms with van der Waals surface area (Å²) in [6.07, 6.45) is -0.0364. The fraction of sp³-hybridized carbons (Fsp3) is 0.250. The minimum Gasteiger partial charge on any atom is -0.481 e. The van der Waals surface area contributed by atoms with E-state index in [2.05, 4.69) is 24.9 Å². The molecule has 0 radical (unpaired) electrons. The molecule has 0 spiro atoms. The molecule has 2 aromatic carbocycles. The highest BCUT2D eigenvalue weighted by Gasteiger charge is 2.21. The van der Waals surface area contributed by atoms with Gasteiger partial charge in [0.15, 0.2) is 11.5 Å². The molecule has 3 aromatic rings. The molecule has 0 aliphatic carbocycles. The van der Waals surface area contributed by atoms with Crippen LogP contribution in [0.25, 0.3) is 22.2 Å². The maximum atomic E-state index is 11.4. The number of hydrogen-bond donors (Lipinski definition) is 2. The first-order valence-electron chi connectivity index (χ1n) is 8.30. The topological polar surface area (TPSA) is 71.6 Å². The van der Waals surface area contributed by atoms with E-state index in [1.54, 1.807) is 0 Å². The molecule has 128 valence electrons. The lowest BCUT2D eigenvalue weighted by Gasteiger charge is -2.06. The van der Waals surface area contributed by atoms with Crippen LogP contribution >= 0.6 is 0 Å². The van der Waals surface area contributed by atoms with Crippen molar-refractivity contribution < 1.29 is 19.4 Å². The number of ether oxygens (including phenoxy) is 2. The standard InChI is InChI=1S/C20H19NO4/c1-11(2)13-4-3-5-14-15(9-18(22)23)19(21-20(13)14)12-6-7-16-17(8-12)25-10-24-16/h3-8,11,21H,9-10H2,1-2H3,(H,22,23). The molecule has 5 heteroatoms. The van der Waals surface area contributed by atoms with Crippen LogP contribution in [0, 0.1) is 0 Å². The van der Waals surface area contributed by atoms with Crippen LogP contribution in [0.4, 0.5) is 0 Å². The second-order valence-corrected chi connectivity index (χ2v) is 6.54. The number of rotatable bonds is 4. The summed E-state index contributed by atoms with van der Waals surface area (Å²) in [4.78, 5) is 14.9. The van der Waals surface area contributed by atoms with Crippen LogP contribution in [0.2, 0.25) is 0 Å². The fourth-order valence-electron chi connectivity index (χ4n) is 3.41. The number of para-hydroxylation sites is 1. The predicted molar refractivity (Wildman–Crippen MR) is 95.3 cm³/mol. The van der Waals surface area contributed by atoms with Gasteiger partial charge in [-0.15, -0.1) is 0 Å². The average Bonchev–Trinajstić information content (AvgIpc) is 3.18. The number of carboxylic acids is 1. The lowest BCUT2D eigenvalue weighted by molar-refractivity contribution is -0.136. The van der Waals surface area contributed by atoms with Crippen molar-refractivity contribution in [2.24, 2.45) is 0 Å². The Balaban J connectivity index is 1.95. The maximum absolute atomic E-state index is 11.4. The third-order valence-electron chi connectivity index (χ3n) is 4.58. The van der Waals surface area contributed by atoms with Crippen molar-refractivity contribution in [1.82, 2.24) is 4.98 Å². The summed E-state index contributed by atoms with van der Waals surface area (Å²) in [6, 6.07) is 11.7. The normalized spacial score (nSPS) is 12.9. The molecule has 25 heavy (non-hydrogen) atoms. The molecule has 0 fully saturated rings. The van der Waals surface area contributed by atoms with Gasteiger partial charge in [0.25, 0.3) is 0 Å². The lowest BCUT2D eigenvalue weighted by Crippen LogP contribution is -2.01. The van der Waals surface area contributed by atoms with Crippen molar-refractivity contribution >= 4 is 16.9 Å². The quantitative estimate of drug-likeness (QED) is 0.744. The van der Waals surface area contributed by atoms with Crippen molar-refractivity contribution in [2.75, 3.05) is 6.79 Å². The van der Waals surface area contributed by atoms with Crippen LogP contribution in [-0.2, 0) is 11.2 Å². The van der Waals surface area contributed by atoms with Crippen molar-refractivity contribution in [2.45, 2.75) is 26.2 Å². The van der Waals surface area contributed by atoms with E-state index in [0.29, 0.717) is 17.4 Å². The summed E-state index contributed by atoms with van der Waals surface area (Å²) in [5, 5.41) is 10.4. The Morgan fingerprint density at radius 3 is 2.76 bits per heavy atom. The van der Waals surface area contributed by atoms with Crippen LogP contribution < -0.4 is 9.47 Å². The maximum Gasteiger partial charge on any atom is 0.307 e. The van der Waals surface area contributed by atoms with Gasteiger partial charge in [0, 0.05) is 16.5 Å². The molecule has 2 N–H and O–H groups in total. The first kappa shape index (κ1) is 15.6. The lowest BCUT2D eigenvalue weighted by atomic mass is 9.97. The summed E-state index contributed by atoms with van der Waals surface area (Å²) in [6.45, 7) is 4.48. The van der Waals surface area contributed by atoms with Crippen molar-refractivity contribution in [3.05, 3.63) is 47.5 Å². The van der Waals surface area contributed by atoms with Gasteiger partial charge in [-0.25, -0.2) is 0 Å². The zero-order chi connectivity index (χ0) is 17.6. The number of fused-ring (bicyclic) bond motifs is 2. The summed E-state index contributed by atoms with van der Waals surface area (Å²) in [5.74, 6) is 0.881. The summed E-state index contributed by atoms with van der Waals surface area (Å²) in [5.41, 5.74) is 4.69. The van der Waals surface area contributed by atoms with E-state index in [4.69, 9.17) is 9.47 Å². The fourth-order valence-corrected chi connectivity index (χ4v) is 3.41. The number of H-pyrrole nitrogens is 1. The van der Waals surface area contributed by atoms with Crippen LogP contribution in [0.1, 0.15) is 30.9 Å². The number of hydrogen-bond acceptors (Lipinski definition) is 3. The Morgan fingerprint density at radius 1 is 1.20 bits per heavy atom. The molecule has 0 atom stereocenters. The highest BCUT2D eigenvalue weighted by atomic mass is 16.7. The molecule has 1 aliphatic rings. The van der Waals surface area contributed by atoms with E-state index in [1.807, 2.05) is 30.3 Å². The largest absolute Gasteiger partial charge is 0.481 e. The molecule has 2 heterocycles. The minimum atomic E-state index is -0.849. The van der Waals surface area contributed by atoms with E-state index in [-0.39, 0.29) is 13.2 Å². The van der Waals surface area contributed by atoms with Gasteiger partial charge in [0.05, 0.1) is 12.1 Å². The Labute approximate surface area is 145 Å². The molecule has 1 aliphatic heterocycles. The van der Waals surface area contributed by atoms with Gasteiger partial charge in [-0.05, 0) is 35.2 Å². The summed E-state index contributed by atoms with van der Waals surface area (Å²) in [7, 11) is 0. The van der Waals surface area contributed by atoms with E-state index < -0.39 is 5.97 Å². The van der Waals surface area contributed by atoms with Gasteiger partial charge >= 0.3 is 5.97 Å². The van der Waals surface area contributed by atoms with Crippen molar-refractivity contribution in [3.63, 3.8) is 0 Å². The first-order chi connectivity index (χ1) is 12.0. The second kappa shape index (κ2) is 5.84. The van der Waals surface area contributed by atoms with Crippen molar-refractivity contribution in [3.8, 4) is 22.8 Å². The van der Waals surface area contributed by atoms with Gasteiger partial charge in [-0.2, -0.15) is 0 Å². The monoisotopic (exact) mass is 337 g/mol. The van der Waals surface area contributed by atoms with E-state index >= 15 is 0 Å². The molecule has 0 saturated heterocycles. The van der Waals surface area contributed by atoms with E-state index in [9.17, 15) is 9.90 Å². The number of nitrogens with one attached hydrogen (secondary N) is 1. The van der Waals surface area contributed by atoms with Crippen LogP contribution in [0.3, 0.4) is 0 Å². The highest BCUT2D eigenvalue weighted by molar-refractivity contribution is 5.96. The van der Waals surface area contributed by atoms with Gasteiger partial charge in [0.2, 0.25) is 6.79 Å². The second-order valence-electron chi connectivity index (χ2n) is 6.54. The zero-order valence-electron chi connectivity index (χ0n) is 14.1. The van der Waals surface area contributed by atoms with E-state index in [1.165, 1.54) is 5.56 Å². The SMILES string of the molecule is CC(C)c1cccc2c(CC(=O)O)c(-c3ccc4c(c3)OCO4)[nH]c12. The first-order valence-corrected chi connectivity index (χ1v) is 8.30. The smallest absolute Gasteiger partial charge is 0.307 e. The molecule has 0 unspecified atom stereocenters. The van der Waals surface area contributed by atoms with Gasteiger partial charge < -0.3 is 19.6 Å². The van der Waals surface area contributed by atoms with Crippen molar-refractivity contribution in [1.29, 1.82) is 0 Å². The molecule has 0 amide bonds. The molecular weight excluding hydrogens is 318 g/mol. The third-order valence-corrected chi connectivity index (χ3v) is 4.58. The van der Waals surface area contributed by atoms with Gasteiger partial charge in [0.1, 0.15) is 0 Å². The van der Waals surface area contributed by atoms with Crippen LogP contribution in [-0.4, -0.2) is 22.9 Å². The number of aliphatic carboxylic acids is 1. The Hall–Kier alpha value is -2.95. The average molecular weight is 337 g/mol. The number of aromatic nitrogens is 1. The molecule has 4 rings (SSSR count). The van der Waals surface area contributed by atoms with Gasteiger partial charge in [-0.1, -0.05) is 32.0 Å². The summed E-state index contributed by atoms with van der Waals surface area (Å²) >= 11 is 0. The number of carbonyl (C=O) groups is 1. The number of aromatic amines is 1.